The van der Waals surface area contributed by atoms with Crippen molar-refractivity contribution < 1.29 is 23.8 Å². The molecule has 0 bridgehead atoms. The molecule has 0 aliphatic heterocycles. The lowest BCUT2D eigenvalue weighted by Crippen LogP contribution is -2.45. The van der Waals surface area contributed by atoms with Gasteiger partial charge < -0.3 is 19.0 Å². The molecule has 5 atom stereocenters. The van der Waals surface area contributed by atoms with Gasteiger partial charge in [-0.1, -0.05) is 89.4 Å². The van der Waals surface area contributed by atoms with Gasteiger partial charge >= 0.3 is 5.97 Å². The molecule has 4 rings (SSSR count). The number of hydrogen-bond donors (Lipinski definition) is 1. The van der Waals surface area contributed by atoms with E-state index in [0.717, 1.165) is 56.3 Å². The van der Waals surface area contributed by atoms with Crippen molar-refractivity contribution in [2.24, 2.45) is 17.8 Å². The lowest BCUT2D eigenvalue weighted by Gasteiger charge is -2.40. The van der Waals surface area contributed by atoms with E-state index in [1.54, 1.807) is 0 Å². The van der Waals surface area contributed by atoms with Crippen LogP contribution in [0.15, 0.2) is 48.5 Å². The Bertz CT molecular complexity index is 1140. The van der Waals surface area contributed by atoms with Gasteiger partial charge in [-0.15, -0.1) is 0 Å². The van der Waals surface area contributed by atoms with Crippen molar-refractivity contribution in [2.45, 2.75) is 122 Å². The van der Waals surface area contributed by atoms with Crippen LogP contribution in [0.25, 0.3) is 0 Å². The lowest BCUT2D eigenvalue weighted by molar-refractivity contribution is -0.147. The Morgan fingerprint density at radius 2 is 1.79 bits per heavy atom. The van der Waals surface area contributed by atoms with E-state index in [1.807, 2.05) is 36.4 Å². The highest BCUT2D eigenvalue weighted by Crippen LogP contribution is 2.51. The van der Waals surface area contributed by atoms with Crippen molar-refractivity contribution in [1.29, 1.82) is 0 Å². The summed E-state index contributed by atoms with van der Waals surface area (Å²) in [4.78, 5) is 12.5. The molecule has 1 N–H and O–H groups in total. The summed E-state index contributed by atoms with van der Waals surface area (Å²) < 4.78 is 18.7. The standard InChI is InChI=1S/C36H54O5Si/c1-7-8-10-17-29(37)19-20-30-31-21-27-16-13-18-33(39-25-35(38)40-24-26-14-11-9-12-15-26)32(27)22-28(31)23-34(30)41-42(5,6)36(2,3)4/h9,11-16,18,28-31,34,37H,7-8,10,17,19-25H2,1-6H3/t28-,29-,30?,31-,34+/m0/s1. The molecule has 2 aromatic rings. The van der Waals surface area contributed by atoms with Crippen LogP contribution in [0.2, 0.25) is 18.1 Å². The third kappa shape index (κ3) is 8.48. The van der Waals surface area contributed by atoms with Gasteiger partial charge in [-0.3, -0.25) is 0 Å². The van der Waals surface area contributed by atoms with Crippen molar-refractivity contribution in [1.82, 2.24) is 0 Å². The molecular formula is C36H54O5Si. The minimum Gasteiger partial charge on any atom is -0.482 e. The number of aliphatic hydroxyl groups is 1. The van der Waals surface area contributed by atoms with Crippen molar-refractivity contribution in [3.8, 4) is 5.75 Å². The maximum atomic E-state index is 12.5. The highest BCUT2D eigenvalue weighted by Gasteiger charge is 2.49. The Kier molecular flexibility index (Phi) is 11.3. The van der Waals surface area contributed by atoms with Crippen molar-refractivity contribution in [3.63, 3.8) is 0 Å². The molecule has 1 unspecified atom stereocenters. The molecule has 0 heterocycles. The first-order valence-corrected chi connectivity index (χ1v) is 19.2. The molecule has 2 aliphatic rings. The normalized spacial score (nSPS) is 22.7. The molecule has 232 valence electrons. The predicted molar refractivity (Wildman–Crippen MR) is 172 cm³/mol. The molecule has 5 nitrogen and oxygen atoms in total. The molecule has 2 aromatic carbocycles. The summed E-state index contributed by atoms with van der Waals surface area (Å²) in [5.41, 5.74) is 3.53. The molecule has 1 saturated carbocycles. The SMILES string of the molecule is CCCCC[C@H](O)CCC1[C@H]2Cc3cccc(OCC(=O)OCc4ccccc4)c3C[C@H]2C[C@H]1O[Si](C)(C)C(C)(C)C. The largest absolute Gasteiger partial charge is 0.482 e. The molecule has 42 heavy (non-hydrogen) atoms. The smallest absolute Gasteiger partial charge is 0.344 e. The molecule has 2 aliphatic carbocycles. The van der Waals surface area contributed by atoms with E-state index >= 15 is 0 Å². The Balaban J connectivity index is 1.44. The third-order valence-corrected chi connectivity index (χ3v) is 14.6. The van der Waals surface area contributed by atoms with Gasteiger partial charge in [-0.25, -0.2) is 4.79 Å². The fourth-order valence-corrected chi connectivity index (χ4v) is 8.06. The van der Waals surface area contributed by atoms with Crippen LogP contribution in [0.4, 0.5) is 0 Å². The number of benzene rings is 2. The van der Waals surface area contributed by atoms with Crippen molar-refractivity contribution in [2.75, 3.05) is 6.61 Å². The maximum absolute atomic E-state index is 12.5. The van der Waals surface area contributed by atoms with Gasteiger partial charge in [0.2, 0.25) is 0 Å². The Labute approximate surface area is 255 Å². The molecule has 0 amide bonds. The van der Waals surface area contributed by atoms with Crippen LogP contribution in [0.5, 0.6) is 5.75 Å². The third-order valence-electron chi connectivity index (χ3n) is 10.1. The zero-order chi connectivity index (χ0) is 30.3. The van der Waals surface area contributed by atoms with Crippen LogP contribution < -0.4 is 4.74 Å². The molecule has 6 heteroatoms. The topological polar surface area (TPSA) is 65.0 Å². The molecular weight excluding hydrogens is 540 g/mol. The minimum absolute atomic E-state index is 0.0902. The van der Waals surface area contributed by atoms with E-state index in [-0.39, 0.29) is 36.4 Å². The van der Waals surface area contributed by atoms with E-state index in [9.17, 15) is 9.90 Å². The number of unbranched alkanes of at least 4 members (excludes halogenated alkanes) is 2. The fourth-order valence-electron chi connectivity index (χ4n) is 6.68. The number of carbonyl (C=O) groups excluding carboxylic acids is 1. The van der Waals surface area contributed by atoms with E-state index in [4.69, 9.17) is 13.9 Å². The van der Waals surface area contributed by atoms with Crippen LogP contribution in [-0.4, -0.2) is 38.2 Å². The number of hydrogen-bond acceptors (Lipinski definition) is 5. The van der Waals surface area contributed by atoms with Gasteiger partial charge in [0, 0.05) is 6.10 Å². The van der Waals surface area contributed by atoms with Gasteiger partial charge in [0.1, 0.15) is 12.4 Å². The molecule has 0 radical (unpaired) electrons. The number of fused-ring (bicyclic) bond motifs is 2. The first-order valence-electron chi connectivity index (χ1n) is 16.3. The number of esters is 1. The monoisotopic (exact) mass is 594 g/mol. The zero-order valence-corrected chi connectivity index (χ0v) is 27.9. The second kappa shape index (κ2) is 14.5. The van der Waals surface area contributed by atoms with Gasteiger partial charge in [0.05, 0.1) is 6.10 Å². The molecule has 1 fully saturated rings. The quantitative estimate of drug-likeness (QED) is 0.135. The molecule has 0 aromatic heterocycles. The average Bonchev–Trinajstić information content (AvgIpc) is 3.27. The molecule has 0 spiro atoms. The van der Waals surface area contributed by atoms with Crippen molar-refractivity contribution in [3.05, 3.63) is 65.2 Å². The van der Waals surface area contributed by atoms with E-state index in [0.29, 0.717) is 17.8 Å². The summed E-state index contributed by atoms with van der Waals surface area (Å²) in [7, 11) is -1.95. The molecule has 0 saturated heterocycles. The number of ether oxygens (including phenoxy) is 2. The summed E-state index contributed by atoms with van der Waals surface area (Å²) in [5, 5.41) is 11.0. The summed E-state index contributed by atoms with van der Waals surface area (Å²) in [5.74, 6) is 1.96. The van der Waals surface area contributed by atoms with Gasteiger partial charge in [0.25, 0.3) is 0 Å². The first-order chi connectivity index (χ1) is 20.0. The van der Waals surface area contributed by atoms with Crippen LogP contribution >= 0.6 is 0 Å². The summed E-state index contributed by atoms with van der Waals surface area (Å²) in [6.45, 7) is 14.1. The van der Waals surface area contributed by atoms with Crippen LogP contribution in [0.3, 0.4) is 0 Å². The number of aliphatic hydroxyl groups excluding tert-OH is 1. The van der Waals surface area contributed by atoms with Crippen molar-refractivity contribution >= 4 is 14.3 Å². The maximum Gasteiger partial charge on any atom is 0.344 e. The second-order valence-electron chi connectivity index (χ2n) is 14.2. The zero-order valence-electron chi connectivity index (χ0n) is 26.9. The Hall–Kier alpha value is -2.15. The lowest BCUT2D eigenvalue weighted by atomic mass is 9.73. The second-order valence-corrected chi connectivity index (χ2v) is 19.0. The van der Waals surface area contributed by atoms with E-state index in [1.165, 1.54) is 24.0 Å². The van der Waals surface area contributed by atoms with E-state index < -0.39 is 8.32 Å². The Morgan fingerprint density at radius 1 is 1.02 bits per heavy atom. The fraction of sp³-hybridized carbons (Fsp3) is 0.639. The van der Waals surface area contributed by atoms with Crippen LogP contribution in [-0.2, 0) is 33.4 Å². The minimum atomic E-state index is -1.95. The van der Waals surface area contributed by atoms with Crippen LogP contribution in [0.1, 0.15) is 89.3 Å². The van der Waals surface area contributed by atoms with Crippen LogP contribution in [0, 0.1) is 17.8 Å². The van der Waals surface area contributed by atoms with E-state index in [2.05, 4.69) is 52.9 Å². The summed E-state index contributed by atoms with van der Waals surface area (Å²) in [6, 6.07) is 16.0. The summed E-state index contributed by atoms with van der Waals surface area (Å²) >= 11 is 0. The van der Waals surface area contributed by atoms with Gasteiger partial charge in [-0.05, 0) is 97.2 Å². The number of rotatable bonds is 14. The van der Waals surface area contributed by atoms with Gasteiger partial charge in [0.15, 0.2) is 14.9 Å². The predicted octanol–water partition coefficient (Wildman–Crippen LogP) is 8.27. The highest BCUT2D eigenvalue weighted by atomic mass is 28.4. The van der Waals surface area contributed by atoms with Gasteiger partial charge in [-0.2, -0.15) is 0 Å². The average molecular weight is 595 g/mol. The Morgan fingerprint density at radius 3 is 2.50 bits per heavy atom. The number of carbonyl (C=O) groups is 1. The summed E-state index contributed by atoms with van der Waals surface area (Å²) in [6.07, 6.45) is 9.27. The highest BCUT2D eigenvalue weighted by molar-refractivity contribution is 6.74. The first kappa shape index (κ1) is 32.8.